The Morgan fingerprint density at radius 3 is 1.88 bits per heavy atom. The summed E-state index contributed by atoms with van der Waals surface area (Å²) in [4.78, 5) is 0. The summed E-state index contributed by atoms with van der Waals surface area (Å²) in [6.45, 7) is 12.5. The van der Waals surface area contributed by atoms with Gasteiger partial charge in [-0.25, -0.2) is 0 Å². The normalized spacial score (nSPS) is 63.9. The van der Waals surface area contributed by atoms with Gasteiger partial charge in [0.2, 0.25) is 0 Å². The maximum Gasteiger partial charge on any atom is -0.0256 e. The van der Waals surface area contributed by atoms with E-state index in [9.17, 15) is 0 Å². The van der Waals surface area contributed by atoms with Crippen LogP contribution in [-0.2, 0) is 0 Å². The molecule has 0 amide bonds. The van der Waals surface area contributed by atoms with E-state index in [4.69, 9.17) is 0 Å². The smallest absolute Gasteiger partial charge is 0.0256 e. The van der Waals surface area contributed by atoms with E-state index in [1.165, 1.54) is 12.8 Å². The summed E-state index contributed by atoms with van der Waals surface area (Å²) in [6.07, 6.45) is 4.56. The molecule has 3 fully saturated rings. The van der Waals surface area contributed by atoms with Gasteiger partial charge in [-0.2, -0.15) is 0 Å². The topological polar surface area (TPSA) is 0 Å². The lowest BCUT2D eigenvalue weighted by Gasteiger charge is -2.43. The second-order valence-electron chi connectivity index (χ2n) is 7.78. The summed E-state index contributed by atoms with van der Waals surface area (Å²) in [5, 5.41) is 0. The maximum atomic E-state index is 2.60. The molecule has 3 saturated carbocycles. The van der Waals surface area contributed by atoms with Crippen molar-refractivity contribution in [3.63, 3.8) is 0 Å². The molecule has 3 aliphatic rings. The molecule has 92 valence electrons. The minimum atomic E-state index is 0.746. The second-order valence-corrected chi connectivity index (χ2v) is 7.78. The minimum Gasteiger partial charge on any atom is -0.0622 e. The predicted molar refractivity (Wildman–Crippen MR) is 69.1 cm³/mol. The van der Waals surface area contributed by atoms with E-state index >= 15 is 0 Å². The van der Waals surface area contributed by atoms with Gasteiger partial charge in [0.15, 0.2) is 0 Å². The third-order valence-corrected chi connectivity index (χ3v) is 6.79. The lowest BCUT2D eigenvalue weighted by Crippen LogP contribution is -2.35. The van der Waals surface area contributed by atoms with Gasteiger partial charge in [0.25, 0.3) is 0 Å². The molecule has 7 atom stereocenters. The average molecular weight is 220 g/mol. The first-order chi connectivity index (χ1) is 7.45. The van der Waals surface area contributed by atoms with Gasteiger partial charge >= 0.3 is 0 Å². The van der Waals surface area contributed by atoms with Crippen molar-refractivity contribution >= 4 is 0 Å². The van der Waals surface area contributed by atoms with Crippen LogP contribution in [0.25, 0.3) is 0 Å². The van der Waals surface area contributed by atoms with Crippen molar-refractivity contribution in [2.75, 3.05) is 0 Å². The second kappa shape index (κ2) is 3.27. The van der Waals surface area contributed by atoms with Crippen LogP contribution in [0.3, 0.4) is 0 Å². The SMILES string of the molecule is CC1CC(CC2(C)C3C(C)CC(C)C32)C1C. The Labute approximate surface area is 101 Å². The fraction of sp³-hybridized carbons (Fsp3) is 1.00. The van der Waals surface area contributed by atoms with Gasteiger partial charge < -0.3 is 0 Å². The summed E-state index contributed by atoms with van der Waals surface area (Å²) < 4.78 is 0. The molecule has 16 heavy (non-hydrogen) atoms. The highest BCUT2D eigenvalue weighted by atomic mass is 14.7. The monoisotopic (exact) mass is 220 g/mol. The molecule has 0 spiro atoms. The Balaban J connectivity index is 1.65. The zero-order chi connectivity index (χ0) is 11.7. The van der Waals surface area contributed by atoms with E-state index in [2.05, 4.69) is 34.6 Å². The number of rotatable bonds is 2. The number of hydrogen-bond donors (Lipinski definition) is 0. The molecule has 0 heteroatoms. The zero-order valence-electron chi connectivity index (χ0n) is 11.7. The van der Waals surface area contributed by atoms with Gasteiger partial charge in [-0.05, 0) is 66.1 Å². The number of hydrogen-bond acceptors (Lipinski definition) is 0. The van der Waals surface area contributed by atoms with E-state index in [-0.39, 0.29) is 0 Å². The van der Waals surface area contributed by atoms with Gasteiger partial charge in [-0.15, -0.1) is 0 Å². The van der Waals surface area contributed by atoms with Gasteiger partial charge in [-0.3, -0.25) is 0 Å². The van der Waals surface area contributed by atoms with E-state index in [1.54, 1.807) is 6.42 Å². The molecule has 0 N–H and O–H groups in total. The summed E-state index contributed by atoms with van der Waals surface area (Å²) in [7, 11) is 0. The van der Waals surface area contributed by atoms with Crippen LogP contribution in [0, 0.1) is 46.8 Å². The Hall–Kier alpha value is 0. The highest BCUT2D eigenvalue weighted by Gasteiger charge is 2.68. The standard InChI is InChI=1S/C16H28/c1-9-7-13(12(9)4)8-16(5)14-10(2)6-11(3)15(14)16/h9-15H,6-8H2,1-5H3. The van der Waals surface area contributed by atoms with Crippen LogP contribution in [-0.4, -0.2) is 0 Å². The summed E-state index contributed by atoms with van der Waals surface area (Å²) in [6, 6.07) is 0. The van der Waals surface area contributed by atoms with Crippen LogP contribution in [0.4, 0.5) is 0 Å². The van der Waals surface area contributed by atoms with Gasteiger partial charge in [0.1, 0.15) is 0 Å². The van der Waals surface area contributed by atoms with E-state index in [0.717, 1.165) is 46.8 Å². The Morgan fingerprint density at radius 1 is 0.875 bits per heavy atom. The summed E-state index contributed by atoms with van der Waals surface area (Å²) in [5.41, 5.74) is 0.746. The van der Waals surface area contributed by atoms with E-state index in [0.29, 0.717) is 0 Å². The van der Waals surface area contributed by atoms with Crippen LogP contribution in [0.1, 0.15) is 53.9 Å². The molecular weight excluding hydrogens is 192 g/mol. The average Bonchev–Trinajstić information content (AvgIpc) is 2.70. The Kier molecular flexibility index (Phi) is 2.27. The molecule has 0 aromatic carbocycles. The van der Waals surface area contributed by atoms with Gasteiger partial charge in [-0.1, -0.05) is 34.6 Å². The van der Waals surface area contributed by atoms with E-state index < -0.39 is 0 Å². The van der Waals surface area contributed by atoms with Crippen LogP contribution in [0.2, 0.25) is 0 Å². The quantitative estimate of drug-likeness (QED) is 0.638. The van der Waals surface area contributed by atoms with Crippen LogP contribution >= 0.6 is 0 Å². The maximum absolute atomic E-state index is 2.60. The molecule has 0 bridgehead atoms. The molecule has 0 aromatic rings. The lowest BCUT2D eigenvalue weighted by molar-refractivity contribution is 0.0649. The molecule has 0 radical (unpaired) electrons. The van der Waals surface area contributed by atoms with Crippen molar-refractivity contribution in [3.8, 4) is 0 Å². The molecule has 0 nitrogen and oxygen atoms in total. The first-order valence-electron chi connectivity index (χ1n) is 7.45. The molecule has 7 unspecified atom stereocenters. The Bertz CT molecular complexity index is 278. The van der Waals surface area contributed by atoms with Gasteiger partial charge in [0.05, 0.1) is 0 Å². The molecule has 0 heterocycles. The fourth-order valence-electron chi connectivity index (χ4n) is 5.81. The molecular formula is C16H28. The third-order valence-electron chi connectivity index (χ3n) is 6.79. The zero-order valence-corrected chi connectivity index (χ0v) is 11.7. The first kappa shape index (κ1) is 11.1. The van der Waals surface area contributed by atoms with Crippen molar-refractivity contribution < 1.29 is 0 Å². The van der Waals surface area contributed by atoms with E-state index in [1.807, 2.05) is 0 Å². The predicted octanol–water partition coefficient (Wildman–Crippen LogP) is 4.60. The highest BCUT2D eigenvalue weighted by Crippen LogP contribution is 2.74. The molecule has 3 aliphatic carbocycles. The van der Waals surface area contributed by atoms with Crippen molar-refractivity contribution in [1.29, 1.82) is 0 Å². The summed E-state index contributed by atoms with van der Waals surface area (Å²) in [5.74, 6) is 7.27. The molecule has 0 aliphatic heterocycles. The lowest BCUT2D eigenvalue weighted by atomic mass is 9.62. The van der Waals surface area contributed by atoms with Crippen molar-refractivity contribution in [2.24, 2.45) is 46.8 Å². The molecule has 3 rings (SSSR count). The van der Waals surface area contributed by atoms with Crippen LogP contribution in [0.5, 0.6) is 0 Å². The molecule has 0 aromatic heterocycles. The van der Waals surface area contributed by atoms with Gasteiger partial charge in [0, 0.05) is 0 Å². The minimum absolute atomic E-state index is 0.746. The van der Waals surface area contributed by atoms with Crippen molar-refractivity contribution in [2.45, 2.75) is 53.9 Å². The number of fused-ring (bicyclic) bond motifs is 1. The summed E-state index contributed by atoms with van der Waals surface area (Å²) >= 11 is 0. The van der Waals surface area contributed by atoms with Crippen LogP contribution in [0.15, 0.2) is 0 Å². The highest BCUT2D eigenvalue weighted by molar-refractivity contribution is 5.16. The fourth-order valence-corrected chi connectivity index (χ4v) is 5.81. The van der Waals surface area contributed by atoms with Crippen LogP contribution < -0.4 is 0 Å². The first-order valence-corrected chi connectivity index (χ1v) is 7.45. The largest absolute Gasteiger partial charge is 0.0622 e. The van der Waals surface area contributed by atoms with Crippen molar-refractivity contribution in [3.05, 3.63) is 0 Å². The Morgan fingerprint density at radius 2 is 1.44 bits per heavy atom. The van der Waals surface area contributed by atoms with Crippen molar-refractivity contribution in [1.82, 2.24) is 0 Å². The third kappa shape index (κ3) is 1.28. The molecule has 0 saturated heterocycles.